The van der Waals surface area contributed by atoms with Crippen LogP contribution < -0.4 is 10.5 Å². The molecule has 0 heterocycles. The third-order valence-corrected chi connectivity index (χ3v) is 3.76. The van der Waals surface area contributed by atoms with Gasteiger partial charge >= 0.3 is 5.97 Å². The highest BCUT2D eigenvalue weighted by molar-refractivity contribution is 6.30. The fourth-order valence-electron chi connectivity index (χ4n) is 2.05. The molecule has 26 heavy (non-hydrogen) atoms. The van der Waals surface area contributed by atoms with Gasteiger partial charge in [0.05, 0.1) is 19.3 Å². The number of hydrogen-bond acceptors (Lipinski definition) is 4. The van der Waals surface area contributed by atoms with E-state index in [1.807, 2.05) is 6.92 Å². The van der Waals surface area contributed by atoms with Crippen molar-refractivity contribution >= 4 is 23.5 Å². The maximum absolute atomic E-state index is 14.5. The monoisotopic (exact) mass is 383 g/mol. The van der Waals surface area contributed by atoms with E-state index in [-0.39, 0.29) is 48.6 Å². The molecule has 1 rings (SSSR count). The van der Waals surface area contributed by atoms with Crippen LogP contribution in [-0.4, -0.2) is 25.6 Å². The molecule has 0 saturated heterocycles. The molecule has 0 unspecified atom stereocenters. The van der Waals surface area contributed by atoms with E-state index in [1.165, 1.54) is 19.2 Å². The van der Waals surface area contributed by atoms with Gasteiger partial charge in [0, 0.05) is 30.4 Å². The molecule has 1 atom stereocenters. The zero-order chi connectivity index (χ0) is 19.5. The van der Waals surface area contributed by atoms with E-state index in [2.05, 4.69) is 16.6 Å². The van der Waals surface area contributed by atoms with E-state index in [4.69, 9.17) is 22.1 Å². The van der Waals surface area contributed by atoms with Crippen LogP contribution in [0.15, 0.2) is 12.1 Å². The smallest absolute Gasteiger partial charge is 0.305 e. The van der Waals surface area contributed by atoms with Gasteiger partial charge in [0.25, 0.3) is 0 Å². The Kier molecular flexibility index (Phi) is 9.53. The topological polar surface area (TPSA) is 78.6 Å². The summed E-state index contributed by atoms with van der Waals surface area (Å²) in [6, 6.07) is 2.81. The summed E-state index contributed by atoms with van der Waals surface area (Å²) in [6.45, 7) is 2.12. The Bertz CT molecular complexity index is 697. The maximum atomic E-state index is 14.5. The van der Waals surface area contributed by atoms with E-state index < -0.39 is 5.82 Å². The lowest BCUT2D eigenvalue weighted by molar-refractivity contribution is -0.140. The van der Waals surface area contributed by atoms with Crippen LogP contribution in [0.3, 0.4) is 0 Å². The van der Waals surface area contributed by atoms with Gasteiger partial charge in [-0.3, -0.25) is 9.59 Å². The molecule has 0 aromatic heterocycles. The quantitative estimate of drug-likeness (QED) is 0.402. The first-order valence-electron chi connectivity index (χ1n) is 8.29. The summed E-state index contributed by atoms with van der Waals surface area (Å²) in [5.41, 5.74) is 5.24. The molecule has 1 aromatic rings. The van der Waals surface area contributed by atoms with Crippen molar-refractivity contribution in [3.8, 4) is 17.6 Å². The summed E-state index contributed by atoms with van der Waals surface area (Å²) >= 11 is 6.00. The van der Waals surface area contributed by atoms with Gasteiger partial charge in [-0.25, -0.2) is 4.39 Å². The summed E-state index contributed by atoms with van der Waals surface area (Å²) in [5.74, 6) is 4.30. The van der Waals surface area contributed by atoms with E-state index in [0.717, 1.165) is 0 Å². The Balaban J connectivity index is 2.67. The number of hydrogen-bond donors (Lipinski definition) is 1. The number of methoxy groups -OCH3 is 1. The number of primary amides is 1. The fourth-order valence-corrected chi connectivity index (χ4v) is 2.25. The Morgan fingerprint density at radius 2 is 2.08 bits per heavy atom. The Morgan fingerprint density at radius 1 is 1.35 bits per heavy atom. The molecular formula is C19H23ClFNO4. The molecule has 5 nitrogen and oxygen atoms in total. The lowest BCUT2D eigenvalue weighted by Crippen LogP contribution is -2.15. The van der Waals surface area contributed by atoms with Crippen molar-refractivity contribution in [2.24, 2.45) is 11.7 Å². The standard InChI is InChI=1S/C19H23ClFNO4/c1-13(8-9-17(22)23)12-26-16-11-15(20)10-14(19(16)21)6-4-3-5-7-18(24)25-2/h10-11,13H,3,5,7-9,12H2,1-2H3,(H2,22,23)/t13-/m0/s1. The molecule has 7 heteroatoms. The van der Waals surface area contributed by atoms with Gasteiger partial charge < -0.3 is 15.2 Å². The molecule has 1 aromatic carbocycles. The number of ether oxygens (including phenoxy) is 2. The molecule has 0 spiro atoms. The molecule has 0 aliphatic carbocycles. The highest BCUT2D eigenvalue weighted by Gasteiger charge is 2.12. The molecule has 0 bridgehead atoms. The zero-order valence-electron chi connectivity index (χ0n) is 14.9. The second-order valence-corrected chi connectivity index (χ2v) is 6.35. The predicted molar refractivity (Wildman–Crippen MR) is 97.2 cm³/mol. The lowest BCUT2D eigenvalue weighted by Gasteiger charge is -2.13. The van der Waals surface area contributed by atoms with Crippen molar-refractivity contribution < 1.29 is 23.5 Å². The van der Waals surface area contributed by atoms with E-state index >= 15 is 0 Å². The number of carbonyl (C=O) groups is 2. The molecule has 0 radical (unpaired) electrons. The largest absolute Gasteiger partial charge is 0.490 e. The number of nitrogens with two attached hydrogens (primary N) is 1. The molecule has 0 aliphatic heterocycles. The molecule has 142 valence electrons. The Morgan fingerprint density at radius 3 is 2.73 bits per heavy atom. The molecule has 1 amide bonds. The van der Waals surface area contributed by atoms with Crippen LogP contribution in [-0.2, 0) is 14.3 Å². The first kappa shape index (κ1) is 21.8. The lowest BCUT2D eigenvalue weighted by atomic mass is 10.1. The van der Waals surface area contributed by atoms with Gasteiger partial charge in [0.2, 0.25) is 5.91 Å². The van der Waals surface area contributed by atoms with Crippen LogP contribution in [0.25, 0.3) is 0 Å². The summed E-state index contributed by atoms with van der Waals surface area (Å²) in [4.78, 5) is 21.8. The van der Waals surface area contributed by atoms with E-state index in [9.17, 15) is 14.0 Å². The van der Waals surface area contributed by atoms with E-state index in [1.54, 1.807) is 0 Å². The number of halogens is 2. The normalized spacial score (nSPS) is 11.2. The minimum atomic E-state index is -0.586. The number of carbonyl (C=O) groups excluding carboxylic acids is 2. The van der Waals surface area contributed by atoms with Gasteiger partial charge in [-0.2, -0.15) is 0 Å². The van der Waals surface area contributed by atoms with Crippen molar-refractivity contribution in [1.29, 1.82) is 0 Å². The van der Waals surface area contributed by atoms with Gasteiger partial charge in [-0.1, -0.05) is 30.4 Å². The third kappa shape index (κ3) is 8.21. The number of amides is 1. The SMILES string of the molecule is COC(=O)CCCC#Cc1cc(Cl)cc(OC[C@@H](C)CCC(N)=O)c1F. The average molecular weight is 384 g/mol. The van der Waals surface area contributed by atoms with Crippen molar-refractivity contribution in [3.05, 3.63) is 28.5 Å². The third-order valence-electron chi connectivity index (χ3n) is 3.54. The van der Waals surface area contributed by atoms with Crippen molar-refractivity contribution in [2.75, 3.05) is 13.7 Å². The van der Waals surface area contributed by atoms with Gasteiger partial charge in [0.1, 0.15) is 0 Å². The van der Waals surface area contributed by atoms with Gasteiger partial charge in [0.15, 0.2) is 11.6 Å². The van der Waals surface area contributed by atoms with Crippen LogP contribution in [0.5, 0.6) is 5.75 Å². The second kappa shape index (κ2) is 11.4. The first-order chi connectivity index (χ1) is 12.3. The zero-order valence-corrected chi connectivity index (χ0v) is 15.7. The van der Waals surface area contributed by atoms with Gasteiger partial charge in [-0.15, -0.1) is 0 Å². The summed E-state index contributed by atoms with van der Waals surface area (Å²) in [7, 11) is 1.33. The summed E-state index contributed by atoms with van der Waals surface area (Å²) in [6.07, 6.45) is 2.04. The molecule has 0 fully saturated rings. The van der Waals surface area contributed by atoms with Crippen molar-refractivity contribution in [3.63, 3.8) is 0 Å². The number of esters is 1. The van der Waals surface area contributed by atoms with Crippen LogP contribution in [0.1, 0.15) is 44.6 Å². The Hall–Kier alpha value is -2.26. The number of unbranched alkanes of at least 4 members (excludes halogenated alkanes) is 1. The van der Waals surface area contributed by atoms with Gasteiger partial charge in [-0.05, 0) is 24.8 Å². The highest BCUT2D eigenvalue weighted by atomic mass is 35.5. The van der Waals surface area contributed by atoms with Crippen LogP contribution in [0.2, 0.25) is 5.02 Å². The first-order valence-corrected chi connectivity index (χ1v) is 8.67. The van der Waals surface area contributed by atoms with Crippen LogP contribution in [0, 0.1) is 23.6 Å². The van der Waals surface area contributed by atoms with E-state index in [0.29, 0.717) is 24.3 Å². The summed E-state index contributed by atoms with van der Waals surface area (Å²) in [5, 5.41) is 0.310. The second-order valence-electron chi connectivity index (χ2n) is 5.92. The molecular weight excluding hydrogens is 361 g/mol. The highest BCUT2D eigenvalue weighted by Crippen LogP contribution is 2.26. The fraction of sp³-hybridized carbons (Fsp3) is 0.474. The molecule has 0 saturated carbocycles. The molecule has 2 N–H and O–H groups in total. The minimum absolute atomic E-state index is 0.0160. The van der Waals surface area contributed by atoms with Crippen LogP contribution >= 0.6 is 11.6 Å². The van der Waals surface area contributed by atoms with Crippen LogP contribution in [0.4, 0.5) is 4.39 Å². The molecule has 0 aliphatic rings. The summed E-state index contributed by atoms with van der Waals surface area (Å²) < 4.78 is 24.5. The average Bonchev–Trinajstić information content (AvgIpc) is 2.60. The van der Waals surface area contributed by atoms with Crippen molar-refractivity contribution in [1.82, 2.24) is 0 Å². The number of rotatable bonds is 9. The predicted octanol–water partition coefficient (Wildman–Crippen LogP) is 3.45. The minimum Gasteiger partial charge on any atom is -0.490 e. The number of benzene rings is 1. The van der Waals surface area contributed by atoms with Crippen molar-refractivity contribution in [2.45, 2.75) is 39.0 Å². The maximum Gasteiger partial charge on any atom is 0.305 e. The Labute approximate surface area is 158 Å².